The molecule has 0 aliphatic rings. The number of carbonyl (C=O) groups excluding carboxylic acids is 1. The molecular weight excluding hydrogens is 228 g/mol. The SMILES string of the molecule is CC(C)(C)NC(=O)C(C#N)Cc1ccc(O)cc1. The lowest BCUT2D eigenvalue weighted by Gasteiger charge is -2.22. The number of rotatable bonds is 3. The molecule has 18 heavy (non-hydrogen) atoms. The standard InChI is InChI=1S/C14H18N2O2/c1-14(2,3)16-13(18)11(9-15)8-10-4-6-12(17)7-5-10/h4-7,11,17H,8H2,1-3H3,(H,16,18). The van der Waals surface area contributed by atoms with Gasteiger partial charge in [0.25, 0.3) is 0 Å². The predicted octanol–water partition coefficient (Wildman–Crippen LogP) is 1.99. The summed E-state index contributed by atoms with van der Waals surface area (Å²) in [5, 5.41) is 21.0. The molecule has 0 saturated carbocycles. The van der Waals surface area contributed by atoms with Gasteiger partial charge in [-0.05, 0) is 44.9 Å². The molecule has 0 spiro atoms. The highest BCUT2D eigenvalue weighted by Gasteiger charge is 2.22. The predicted molar refractivity (Wildman–Crippen MR) is 68.8 cm³/mol. The molecule has 96 valence electrons. The number of hydrogen-bond donors (Lipinski definition) is 2. The Hall–Kier alpha value is -2.02. The fraction of sp³-hybridized carbons (Fsp3) is 0.429. The molecule has 1 aromatic rings. The average molecular weight is 246 g/mol. The molecule has 4 nitrogen and oxygen atoms in total. The Morgan fingerprint density at radius 3 is 2.39 bits per heavy atom. The van der Waals surface area contributed by atoms with E-state index in [1.807, 2.05) is 26.8 Å². The number of nitrogens with one attached hydrogen (secondary N) is 1. The van der Waals surface area contributed by atoms with Gasteiger partial charge < -0.3 is 10.4 Å². The number of phenolic OH excluding ortho intramolecular Hbond substituents is 1. The second-order valence-corrected chi connectivity index (χ2v) is 5.29. The van der Waals surface area contributed by atoms with E-state index in [0.717, 1.165) is 5.56 Å². The number of phenols is 1. The summed E-state index contributed by atoms with van der Waals surface area (Å²) in [6.45, 7) is 5.62. The Balaban J connectivity index is 2.71. The van der Waals surface area contributed by atoms with Gasteiger partial charge in [-0.1, -0.05) is 12.1 Å². The highest BCUT2D eigenvalue weighted by molar-refractivity contribution is 5.82. The summed E-state index contributed by atoms with van der Waals surface area (Å²) in [5.41, 5.74) is 0.504. The van der Waals surface area contributed by atoms with E-state index in [1.165, 1.54) is 0 Å². The fourth-order valence-electron chi connectivity index (χ4n) is 1.52. The Kier molecular flexibility index (Phi) is 4.33. The number of aromatic hydroxyl groups is 1. The van der Waals surface area contributed by atoms with Crippen molar-refractivity contribution in [3.8, 4) is 11.8 Å². The van der Waals surface area contributed by atoms with Crippen LogP contribution >= 0.6 is 0 Å². The first-order valence-electron chi connectivity index (χ1n) is 5.81. The maximum absolute atomic E-state index is 11.9. The van der Waals surface area contributed by atoms with Gasteiger partial charge in [-0.2, -0.15) is 5.26 Å². The van der Waals surface area contributed by atoms with Gasteiger partial charge in [0.05, 0.1) is 6.07 Å². The van der Waals surface area contributed by atoms with Crippen molar-refractivity contribution in [2.45, 2.75) is 32.7 Å². The summed E-state index contributed by atoms with van der Waals surface area (Å²) in [6, 6.07) is 8.53. The van der Waals surface area contributed by atoms with Crippen molar-refractivity contribution in [1.82, 2.24) is 5.32 Å². The van der Waals surface area contributed by atoms with E-state index in [1.54, 1.807) is 24.3 Å². The fourth-order valence-corrected chi connectivity index (χ4v) is 1.52. The number of benzene rings is 1. The highest BCUT2D eigenvalue weighted by Crippen LogP contribution is 2.14. The lowest BCUT2D eigenvalue weighted by Crippen LogP contribution is -2.44. The van der Waals surface area contributed by atoms with Crippen LogP contribution in [0, 0.1) is 17.2 Å². The second kappa shape index (κ2) is 5.54. The molecule has 2 N–H and O–H groups in total. The van der Waals surface area contributed by atoms with E-state index in [0.29, 0.717) is 6.42 Å². The molecule has 1 aromatic carbocycles. The second-order valence-electron chi connectivity index (χ2n) is 5.29. The third kappa shape index (κ3) is 4.46. The van der Waals surface area contributed by atoms with Gasteiger partial charge in [0.15, 0.2) is 0 Å². The summed E-state index contributed by atoms with van der Waals surface area (Å²) in [7, 11) is 0. The number of amides is 1. The molecule has 0 aromatic heterocycles. The van der Waals surface area contributed by atoms with Crippen LogP contribution in [0.2, 0.25) is 0 Å². The molecule has 4 heteroatoms. The van der Waals surface area contributed by atoms with Crippen LogP contribution < -0.4 is 5.32 Å². The largest absolute Gasteiger partial charge is 0.508 e. The van der Waals surface area contributed by atoms with Crippen molar-refractivity contribution in [3.05, 3.63) is 29.8 Å². The van der Waals surface area contributed by atoms with Gasteiger partial charge in [-0.25, -0.2) is 0 Å². The number of nitrogens with zero attached hydrogens (tertiary/aromatic N) is 1. The molecule has 0 aliphatic carbocycles. The summed E-state index contributed by atoms with van der Waals surface area (Å²) < 4.78 is 0. The van der Waals surface area contributed by atoms with Crippen molar-refractivity contribution in [1.29, 1.82) is 5.26 Å². The molecular formula is C14H18N2O2. The molecule has 1 atom stereocenters. The van der Waals surface area contributed by atoms with Gasteiger partial charge in [-0.3, -0.25) is 4.79 Å². The first-order chi connectivity index (χ1) is 8.31. The number of nitriles is 1. The van der Waals surface area contributed by atoms with Crippen LogP contribution in [-0.2, 0) is 11.2 Å². The number of carbonyl (C=O) groups is 1. The minimum atomic E-state index is -0.714. The highest BCUT2D eigenvalue weighted by atomic mass is 16.3. The number of hydrogen-bond acceptors (Lipinski definition) is 3. The topological polar surface area (TPSA) is 73.1 Å². The third-order valence-electron chi connectivity index (χ3n) is 2.35. The molecule has 0 bridgehead atoms. The van der Waals surface area contributed by atoms with E-state index >= 15 is 0 Å². The van der Waals surface area contributed by atoms with Crippen LogP contribution in [0.5, 0.6) is 5.75 Å². The summed E-state index contributed by atoms with van der Waals surface area (Å²) in [6.07, 6.45) is 0.346. The molecule has 1 unspecified atom stereocenters. The molecule has 0 fully saturated rings. The first-order valence-corrected chi connectivity index (χ1v) is 5.81. The maximum Gasteiger partial charge on any atom is 0.238 e. The Morgan fingerprint density at radius 1 is 1.39 bits per heavy atom. The van der Waals surface area contributed by atoms with E-state index in [4.69, 9.17) is 10.4 Å². The minimum Gasteiger partial charge on any atom is -0.508 e. The van der Waals surface area contributed by atoms with Gasteiger partial charge in [0.1, 0.15) is 11.7 Å². The maximum atomic E-state index is 11.9. The zero-order chi connectivity index (χ0) is 13.8. The summed E-state index contributed by atoms with van der Waals surface area (Å²) in [5.74, 6) is -0.807. The van der Waals surface area contributed by atoms with Crippen LogP contribution in [-0.4, -0.2) is 16.6 Å². The van der Waals surface area contributed by atoms with Crippen molar-refractivity contribution in [2.24, 2.45) is 5.92 Å². The molecule has 0 radical (unpaired) electrons. The van der Waals surface area contributed by atoms with E-state index in [9.17, 15) is 4.79 Å². The summed E-state index contributed by atoms with van der Waals surface area (Å²) in [4.78, 5) is 11.9. The normalized spacial score (nSPS) is 12.6. The van der Waals surface area contributed by atoms with Crippen LogP contribution in [0.25, 0.3) is 0 Å². The van der Waals surface area contributed by atoms with Crippen LogP contribution in [0.3, 0.4) is 0 Å². The lowest BCUT2D eigenvalue weighted by molar-refractivity contribution is -0.124. The molecule has 0 heterocycles. The molecule has 1 rings (SSSR count). The van der Waals surface area contributed by atoms with Crippen LogP contribution in [0.15, 0.2) is 24.3 Å². The third-order valence-corrected chi connectivity index (χ3v) is 2.35. The van der Waals surface area contributed by atoms with Gasteiger partial charge in [0.2, 0.25) is 5.91 Å². The monoisotopic (exact) mass is 246 g/mol. The Bertz CT molecular complexity index is 452. The van der Waals surface area contributed by atoms with Gasteiger partial charge >= 0.3 is 0 Å². The molecule has 0 aliphatic heterocycles. The van der Waals surface area contributed by atoms with Gasteiger partial charge in [-0.15, -0.1) is 0 Å². The van der Waals surface area contributed by atoms with Crippen molar-refractivity contribution < 1.29 is 9.90 Å². The van der Waals surface area contributed by atoms with Crippen molar-refractivity contribution in [3.63, 3.8) is 0 Å². The Morgan fingerprint density at radius 2 is 1.94 bits per heavy atom. The molecule has 1 amide bonds. The molecule has 0 saturated heterocycles. The van der Waals surface area contributed by atoms with E-state index < -0.39 is 5.92 Å². The smallest absolute Gasteiger partial charge is 0.238 e. The minimum absolute atomic E-state index is 0.173. The lowest BCUT2D eigenvalue weighted by atomic mass is 9.98. The first kappa shape index (κ1) is 14.0. The van der Waals surface area contributed by atoms with Crippen LogP contribution in [0.1, 0.15) is 26.3 Å². The average Bonchev–Trinajstić information content (AvgIpc) is 2.25. The van der Waals surface area contributed by atoms with E-state index in [-0.39, 0.29) is 17.2 Å². The van der Waals surface area contributed by atoms with E-state index in [2.05, 4.69) is 5.32 Å². The van der Waals surface area contributed by atoms with Crippen molar-refractivity contribution in [2.75, 3.05) is 0 Å². The zero-order valence-corrected chi connectivity index (χ0v) is 10.9. The van der Waals surface area contributed by atoms with Gasteiger partial charge in [0, 0.05) is 5.54 Å². The summed E-state index contributed by atoms with van der Waals surface area (Å²) >= 11 is 0. The zero-order valence-electron chi connectivity index (χ0n) is 10.9. The Labute approximate surface area is 107 Å². The van der Waals surface area contributed by atoms with Crippen molar-refractivity contribution >= 4 is 5.91 Å². The quantitative estimate of drug-likeness (QED) is 0.856. The van der Waals surface area contributed by atoms with Crippen LogP contribution in [0.4, 0.5) is 0 Å².